The zero-order valence-electron chi connectivity index (χ0n) is 8.10. The molecule has 0 aliphatic heterocycles. The summed E-state index contributed by atoms with van der Waals surface area (Å²) in [5.41, 5.74) is 3.68. The third-order valence-corrected chi connectivity index (χ3v) is 2.55. The highest BCUT2D eigenvalue weighted by Crippen LogP contribution is 2.24. The molecule has 0 aliphatic carbocycles. The molecule has 0 bridgehead atoms. The molecule has 2 heteroatoms. The van der Waals surface area contributed by atoms with Crippen molar-refractivity contribution >= 4 is 28.7 Å². The van der Waals surface area contributed by atoms with Gasteiger partial charge in [-0.15, -0.1) is 0 Å². The standard InChI is InChI=1S/C13H10IN/c14-8-5-11-3-1-2-4-13(11)12-6-9-15-10-7-12/h1-10H/b8-5+. The van der Waals surface area contributed by atoms with Crippen molar-refractivity contribution in [3.05, 3.63) is 58.4 Å². The molecule has 0 fully saturated rings. The van der Waals surface area contributed by atoms with Gasteiger partial charge in [-0.2, -0.15) is 0 Å². The molecule has 74 valence electrons. The minimum Gasteiger partial charge on any atom is -0.265 e. The molecule has 0 saturated carbocycles. The summed E-state index contributed by atoms with van der Waals surface area (Å²) < 4.78 is 2.03. The lowest BCUT2D eigenvalue weighted by Gasteiger charge is -2.04. The molecule has 1 aromatic carbocycles. The minimum atomic E-state index is 1.20. The average Bonchev–Trinajstić information content (AvgIpc) is 2.31. The van der Waals surface area contributed by atoms with E-state index in [4.69, 9.17) is 0 Å². The largest absolute Gasteiger partial charge is 0.265 e. The van der Waals surface area contributed by atoms with Crippen molar-refractivity contribution in [3.8, 4) is 11.1 Å². The number of hydrogen-bond acceptors (Lipinski definition) is 1. The molecule has 2 rings (SSSR count). The van der Waals surface area contributed by atoms with E-state index in [1.54, 1.807) is 0 Å². The van der Waals surface area contributed by atoms with Gasteiger partial charge in [0.1, 0.15) is 0 Å². The monoisotopic (exact) mass is 307 g/mol. The van der Waals surface area contributed by atoms with Gasteiger partial charge in [0.2, 0.25) is 0 Å². The number of nitrogens with zero attached hydrogens (tertiary/aromatic N) is 1. The van der Waals surface area contributed by atoms with Gasteiger partial charge >= 0.3 is 0 Å². The van der Waals surface area contributed by atoms with E-state index in [-0.39, 0.29) is 0 Å². The summed E-state index contributed by atoms with van der Waals surface area (Å²) >= 11 is 2.23. The van der Waals surface area contributed by atoms with Crippen molar-refractivity contribution in [2.24, 2.45) is 0 Å². The Morgan fingerprint density at radius 3 is 2.47 bits per heavy atom. The summed E-state index contributed by atoms with van der Waals surface area (Å²) in [6, 6.07) is 12.4. The van der Waals surface area contributed by atoms with E-state index >= 15 is 0 Å². The van der Waals surface area contributed by atoms with Gasteiger partial charge in [-0.1, -0.05) is 46.9 Å². The van der Waals surface area contributed by atoms with Crippen molar-refractivity contribution in [2.45, 2.75) is 0 Å². The Labute approximate surface area is 103 Å². The Hall–Kier alpha value is -1.16. The molecule has 0 spiro atoms. The number of aromatic nitrogens is 1. The molecular formula is C13H10IN. The molecule has 1 heterocycles. The number of hydrogen-bond donors (Lipinski definition) is 0. The third kappa shape index (κ3) is 2.45. The third-order valence-electron chi connectivity index (χ3n) is 2.19. The van der Waals surface area contributed by atoms with E-state index in [2.05, 4.69) is 57.9 Å². The number of benzene rings is 1. The van der Waals surface area contributed by atoms with Crippen LogP contribution in [0.5, 0.6) is 0 Å². The Bertz CT molecular complexity index is 463. The molecule has 0 N–H and O–H groups in total. The number of pyridine rings is 1. The summed E-state index contributed by atoms with van der Waals surface area (Å²) in [7, 11) is 0. The second kappa shape index (κ2) is 5.07. The molecule has 1 nitrogen and oxygen atoms in total. The van der Waals surface area contributed by atoms with Crippen molar-refractivity contribution in [1.82, 2.24) is 4.98 Å². The fraction of sp³-hybridized carbons (Fsp3) is 0. The van der Waals surface area contributed by atoms with E-state index < -0.39 is 0 Å². The number of halogens is 1. The first-order chi connectivity index (χ1) is 7.42. The Morgan fingerprint density at radius 2 is 1.73 bits per heavy atom. The van der Waals surface area contributed by atoms with Gasteiger partial charge in [0.05, 0.1) is 0 Å². The molecular weight excluding hydrogens is 297 g/mol. The lowest BCUT2D eigenvalue weighted by Crippen LogP contribution is -1.82. The van der Waals surface area contributed by atoms with E-state index in [0.29, 0.717) is 0 Å². The summed E-state index contributed by atoms with van der Waals surface area (Å²) in [4.78, 5) is 4.03. The molecule has 0 radical (unpaired) electrons. The van der Waals surface area contributed by atoms with Crippen LogP contribution in [-0.4, -0.2) is 4.98 Å². The second-order valence-corrected chi connectivity index (χ2v) is 3.83. The van der Waals surface area contributed by atoms with Crippen LogP contribution in [0.15, 0.2) is 52.9 Å². The maximum atomic E-state index is 4.03. The maximum absolute atomic E-state index is 4.03. The van der Waals surface area contributed by atoms with Crippen LogP contribution in [0.2, 0.25) is 0 Å². The van der Waals surface area contributed by atoms with E-state index in [9.17, 15) is 0 Å². The first-order valence-electron chi connectivity index (χ1n) is 4.68. The maximum Gasteiger partial charge on any atom is 0.0273 e. The summed E-state index contributed by atoms with van der Waals surface area (Å²) in [5.74, 6) is 0. The van der Waals surface area contributed by atoms with Gasteiger partial charge in [0.15, 0.2) is 0 Å². The minimum absolute atomic E-state index is 1.20. The van der Waals surface area contributed by atoms with Crippen molar-refractivity contribution in [2.75, 3.05) is 0 Å². The molecule has 0 saturated heterocycles. The van der Waals surface area contributed by atoms with E-state index in [1.165, 1.54) is 16.7 Å². The van der Waals surface area contributed by atoms with E-state index in [0.717, 1.165) is 0 Å². The molecule has 0 aliphatic rings. The topological polar surface area (TPSA) is 12.9 Å². The van der Waals surface area contributed by atoms with Crippen molar-refractivity contribution in [3.63, 3.8) is 0 Å². The van der Waals surface area contributed by atoms with E-state index in [1.807, 2.05) is 28.6 Å². The first-order valence-corrected chi connectivity index (χ1v) is 5.92. The second-order valence-electron chi connectivity index (χ2n) is 3.12. The highest BCUT2D eigenvalue weighted by atomic mass is 127. The zero-order valence-corrected chi connectivity index (χ0v) is 10.3. The van der Waals surface area contributed by atoms with Crippen LogP contribution < -0.4 is 0 Å². The van der Waals surface area contributed by atoms with Crippen molar-refractivity contribution in [1.29, 1.82) is 0 Å². The molecule has 2 aromatic rings. The quantitative estimate of drug-likeness (QED) is 0.759. The molecule has 0 amide bonds. The fourth-order valence-corrected chi connectivity index (χ4v) is 1.89. The smallest absolute Gasteiger partial charge is 0.0273 e. The molecule has 1 aromatic heterocycles. The highest BCUT2D eigenvalue weighted by Gasteiger charge is 2.00. The fourth-order valence-electron chi connectivity index (χ4n) is 1.50. The molecule has 0 unspecified atom stereocenters. The number of rotatable bonds is 2. The van der Waals surface area contributed by atoms with Crippen LogP contribution in [0.3, 0.4) is 0 Å². The van der Waals surface area contributed by atoms with Crippen LogP contribution in [0.1, 0.15) is 5.56 Å². The zero-order chi connectivity index (χ0) is 10.5. The van der Waals surface area contributed by atoms with Crippen LogP contribution in [0.25, 0.3) is 17.2 Å². The normalized spacial score (nSPS) is 10.7. The predicted octanol–water partition coefficient (Wildman–Crippen LogP) is 4.15. The van der Waals surface area contributed by atoms with Crippen LogP contribution >= 0.6 is 22.6 Å². The van der Waals surface area contributed by atoms with Crippen LogP contribution in [0, 0.1) is 0 Å². The summed E-state index contributed by atoms with van der Waals surface area (Å²) in [6.45, 7) is 0. The average molecular weight is 307 g/mol. The molecule has 15 heavy (non-hydrogen) atoms. The van der Waals surface area contributed by atoms with Gasteiger partial charge in [-0.25, -0.2) is 0 Å². The lowest BCUT2D eigenvalue weighted by atomic mass is 10.0. The van der Waals surface area contributed by atoms with Crippen LogP contribution in [-0.2, 0) is 0 Å². The summed E-state index contributed by atoms with van der Waals surface area (Å²) in [6.07, 6.45) is 5.75. The Kier molecular flexibility index (Phi) is 3.50. The van der Waals surface area contributed by atoms with Gasteiger partial charge in [-0.3, -0.25) is 4.98 Å². The van der Waals surface area contributed by atoms with Gasteiger partial charge in [-0.05, 0) is 39.0 Å². The Balaban J connectivity index is 2.53. The van der Waals surface area contributed by atoms with Gasteiger partial charge < -0.3 is 0 Å². The first kappa shape index (κ1) is 10.4. The van der Waals surface area contributed by atoms with Crippen molar-refractivity contribution < 1.29 is 0 Å². The highest BCUT2D eigenvalue weighted by molar-refractivity contribution is 14.1. The van der Waals surface area contributed by atoms with Gasteiger partial charge in [0.25, 0.3) is 0 Å². The summed E-state index contributed by atoms with van der Waals surface area (Å²) in [5, 5.41) is 0. The van der Waals surface area contributed by atoms with Gasteiger partial charge in [0, 0.05) is 12.4 Å². The predicted molar refractivity (Wildman–Crippen MR) is 72.7 cm³/mol. The molecule has 0 atom stereocenters. The lowest BCUT2D eigenvalue weighted by molar-refractivity contribution is 1.33. The van der Waals surface area contributed by atoms with Crippen LogP contribution in [0.4, 0.5) is 0 Å². The SMILES string of the molecule is I/C=C/c1ccccc1-c1ccncc1. The Morgan fingerprint density at radius 1 is 1.00 bits per heavy atom.